The lowest BCUT2D eigenvalue weighted by atomic mass is 10.1. The third kappa shape index (κ3) is 4.47. The highest BCUT2D eigenvalue weighted by atomic mass is 19.4. The van der Waals surface area contributed by atoms with Crippen LogP contribution in [-0.2, 0) is 12.7 Å². The number of benzene rings is 1. The van der Waals surface area contributed by atoms with Crippen LogP contribution in [0, 0.1) is 6.92 Å². The normalized spacial score (nSPS) is 11.2. The van der Waals surface area contributed by atoms with Crippen molar-refractivity contribution < 1.29 is 13.2 Å². The number of anilines is 3. The van der Waals surface area contributed by atoms with E-state index in [-0.39, 0.29) is 6.54 Å². The van der Waals surface area contributed by atoms with E-state index in [0.717, 1.165) is 23.4 Å². The number of hydrogen-bond donors (Lipinski definition) is 2. The Morgan fingerprint density at radius 1 is 1.08 bits per heavy atom. The van der Waals surface area contributed by atoms with E-state index in [2.05, 4.69) is 25.6 Å². The summed E-state index contributed by atoms with van der Waals surface area (Å²) >= 11 is 0. The van der Waals surface area contributed by atoms with Crippen molar-refractivity contribution in [2.24, 2.45) is 0 Å². The first-order valence-corrected chi connectivity index (χ1v) is 7.82. The standard InChI is InChI=1S/C18H16F3N5/c1-12-10-24-17(25-15-5-7-22-8-6-15)26-16(12)23-11-13-3-2-4-14(9-13)18(19,20)21/h2-10H,11H2,1H3,(H2,22,23,24,25,26). The Morgan fingerprint density at radius 3 is 2.58 bits per heavy atom. The second-order valence-corrected chi connectivity index (χ2v) is 5.64. The fourth-order valence-electron chi connectivity index (χ4n) is 2.29. The van der Waals surface area contributed by atoms with Crippen LogP contribution in [0.5, 0.6) is 0 Å². The topological polar surface area (TPSA) is 62.7 Å². The van der Waals surface area contributed by atoms with E-state index in [9.17, 15) is 13.2 Å². The maximum Gasteiger partial charge on any atom is 0.416 e. The van der Waals surface area contributed by atoms with Gasteiger partial charge in [0.25, 0.3) is 0 Å². The number of aryl methyl sites for hydroxylation is 1. The van der Waals surface area contributed by atoms with Gasteiger partial charge >= 0.3 is 6.18 Å². The molecule has 0 aliphatic heterocycles. The second kappa shape index (κ2) is 7.38. The summed E-state index contributed by atoms with van der Waals surface area (Å²) in [5.41, 5.74) is 1.42. The molecule has 0 saturated carbocycles. The van der Waals surface area contributed by atoms with E-state index < -0.39 is 11.7 Å². The number of nitrogens with zero attached hydrogens (tertiary/aromatic N) is 3. The molecular weight excluding hydrogens is 343 g/mol. The van der Waals surface area contributed by atoms with Crippen LogP contribution in [0.2, 0.25) is 0 Å². The van der Waals surface area contributed by atoms with Crippen molar-refractivity contribution in [1.82, 2.24) is 15.0 Å². The molecule has 0 spiro atoms. The minimum atomic E-state index is -4.36. The van der Waals surface area contributed by atoms with Crippen molar-refractivity contribution in [1.29, 1.82) is 0 Å². The maximum absolute atomic E-state index is 12.8. The third-order valence-corrected chi connectivity index (χ3v) is 3.62. The average molecular weight is 359 g/mol. The predicted molar refractivity (Wildman–Crippen MR) is 93.1 cm³/mol. The van der Waals surface area contributed by atoms with Gasteiger partial charge in [0.05, 0.1) is 5.56 Å². The minimum absolute atomic E-state index is 0.219. The SMILES string of the molecule is Cc1cnc(Nc2ccncc2)nc1NCc1cccc(C(F)(F)F)c1. The molecular formula is C18H16F3N5. The van der Waals surface area contributed by atoms with Gasteiger partial charge in [-0.15, -0.1) is 0 Å². The molecule has 0 amide bonds. The van der Waals surface area contributed by atoms with Crippen molar-refractivity contribution >= 4 is 17.5 Å². The number of alkyl halides is 3. The van der Waals surface area contributed by atoms with E-state index in [1.54, 1.807) is 36.8 Å². The number of pyridine rings is 1. The number of aromatic nitrogens is 3. The van der Waals surface area contributed by atoms with Gasteiger partial charge in [0.2, 0.25) is 5.95 Å². The van der Waals surface area contributed by atoms with Crippen molar-refractivity contribution in [3.8, 4) is 0 Å². The zero-order valence-corrected chi connectivity index (χ0v) is 13.9. The number of hydrogen-bond acceptors (Lipinski definition) is 5. The molecule has 2 aromatic heterocycles. The summed E-state index contributed by atoms with van der Waals surface area (Å²) in [6.45, 7) is 2.04. The molecule has 2 N–H and O–H groups in total. The number of nitrogens with one attached hydrogen (secondary N) is 2. The Bertz CT molecular complexity index is 881. The van der Waals surface area contributed by atoms with Crippen LogP contribution < -0.4 is 10.6 Å². The van der Waals surface area contributed by atoms with Crippen molar-refractivity contribution in [2.45, 2.75) is 19.6 Å². The largest absolute Gasteiger partial charge is 0.416 e. The molecule has 0 bridgehead atoms. The van der Waals surface area contributed by atoms with Gasteiger partial charge in [-0.05, 0) is 36.8 Å². The molecule has 3 aromatic rings. The van der Waals surface area contributed by atoms with Crippen LogP contribution >= 0.6 is 0 Å². The van der Waals surface area contributed by atoms with Crippen LogP contribution in [0.4, 0.5) is 30.6 Å². The fraction of sp³-hybridized carbons (Fsp3) is 0.167. The molecule has 26 heavy (non-hydrogen) atoms. The van der Waals surface area contributed by atoms with Crippen molar-refractivity contribution in [2.75, 3.05) is 10.6 Å². The Balaban J connectivity index is 1.73. The Kier molecular flexibility index (Phi) is 5.01. The maximum atomic E-state index is 12.8. The van der Waals surface area contributed by atoms with Gasteiger partial charge in [-0.25, -0.2) is 4.98 Å². The summed E-state index contributed by atoms with van der Waals surface area (Å²) in [5.74, 6) is 0.933. The van der Waals surface area contributed by atoms with Gasteiger partial charge in [-0.1, -0.05) is 12.1 Å². The molecule has 0 unspecified atom stereocenters. The predicted octanol–water partition coefficient (Wildman–Crippen LogP) is 4.55. The van der Waals surface area contributed by atoms with Crippen LogP contribution in [0.15, 0.2) is 55.0 Å². The van der Waals surface area contributed by atoms with E-state index in [1.807, 2.05) is 6.92 Å². The van der Waals surface area contributed by atoms with Crippen LogP contribution in [0.25, 0.3) is 0 Å². The Hall–Kier alpha value is -3.16. The monoisotopic (exact) mass is 359 g/mol. The molecule has 3 rings (SSSR count). The molecule has 134 valence electrons. The van der Waals surface area contributed by atoms with Crippen molar-refractivity contribution in [3.63, 3.8) is 0 Å². The highest BCUT2D eigenvalue weighted by Gasteiger charge is 2.30. The first-order chi connectivity index (χ1) is 12.4. The highest BCUT2D eigenvalue weighted by Crippen LogP contribution is 2.29. The van der Waals surface area contributed by atoms with Gasteiger partial charge in [-0.2, -0.15) is 18.2 Å². The number of halogens is 3. The van der Waals surface area contributed by atoms with E-state index in [0.29, 0.717) is 17.3 Å². The third-order valence-electron chi connectivity index (χ3n) is 3.62. The molecule has 1 aromatic carbocycles. The number of rotatable bonds is 5. The van der Waals surface area contributed by atoms with Gasteiger partial charge in [-0.3, -0.25) is 4.98 Å². The molecule has 0 atom stereocenters. The summed E-state index contributed by atoms with van der Waals surface area (Å²) < 4.78 is 38.4. The molecule has 0 radical (unpaired) electrons. The second-order valence-electron chi connectivity index (χ2n) is 5.64. The van der Waals surface area contributed by atoms with Gasteiger partial charge in [0.15, 0.2) is 0 Å². The molecule has 5 nitrogen and oxygen atoms in total. The highest BCUT2D eigenvalue weighted by molar-refractivity contribution is 5.55. The van der Waals surface area contributed by atoms with Crippen LogP contribution in [0.3, 0.4) is 0 Å². The molecule has 0 aliphatic carbocycles. The van der Waals surface area contributed by atoms with Gasteiger partial charge < -0.3 is 10.6 Å². The van der Waals surface area contributed by atoms with Crippen LogP contribution in [0.1, 0.15) is 16.7 Å². The lowest BCUT2D eigenvalue weighted by molar-refractivity contribution is -0.137. The summed E-state index contributed by atoms with van der Waals surface area (Å²) in [6, 6.07) is 8.76. The Morgan fingerprint density at radius 2 is 1.85 bits per heavy atom. The molecule has 0 aliphatic rings. The lowest BCUT2D eigenvalue weighted by Crippen LogP contribution is -2.08. The van der Waals surface area contributed by atoms with Crippen LogP contribution in [-0.4, -0.2) is 15.0 Å². The van der Waals surface area contributed by atoms with E-state index in [4.69, 9.17) is 0 Å². The summed E-state index contributed by atoms with van der Waals surface area (Å²) in [7, 11) is 0. The average Bonchev–Trinajstić information content (AvgIpc) is 2.62. The molecule has 2 heterocycles. The molecule has 8 heteroatoms. The lowest BCUT2D eigenvalue weighted by Gasteiger charge is -2.12. The fourth-order valence-corrected chi connectivity index (χ4v) is 2.29. The van der Waals surface area contributed by atoms with Crippen molar-refractivity contribution in [3.05, 3.63) is 71.7 Å². The quantitative estimate of drug-likeness (QED) is 0.699. The van der Waals surface area contributed by atoms with E-state index >= 15 is 0 Å². The summed E-state index contributed by atoms with van der Waals surface area (Å²) in [6.07, 6.45) is 0.570. The zero-order chi connectivity index (χ0) is 18.6. The van der Waals surface area contributed by atoms with Gasteiger partial charge in [0.1, 0.15) is 5.82 Å². The molecule has 0 fully saturated rings. The molecule has 0 saturated heterocycles. The summed E-state index contributed by atoms with van der Waals surface area (Å²) in [4.78, 5) is 12.5. The first-order valence-electron chi connectivity index (χ1n) is 7.82. The minimum Gasteiger partial charge on any atom is -0.366 e. The Labute approximate surface area is 148 Å². The van der Waals surface area contributed by atoms with E-state index in [1.165, 1.54) is 6.07 Å². The zero-order valence-electron chi connectivity index (χ0n) is 13.9. The summed E-state index contributed by atoms with van der Waals surface area (Å²) in [5, 5.41) is 6.11. The first kappa shape index (κ1) is 17.7. The van der Waals surface area contributed by atoms with Gasteiger partial charge in [0, 0.05) is 36.4 Å². The smallest absolute Gasteiger partial charge is 0.366 e.